The van der Waals surface area contributed by atoms with Crippen molar-refractivity contribution in [1.29, 1.82) is 5.26 Å². The third-order valence-corrected chi connectivity index (χ3v) is 5.99. The van der Waals surface area contributed by atoms with E-state index >= 15 is 0 Å². The van der Waals surface area contributed by atoms with Crippen molar-refractivity contribution in [2.75, 3.05) is 30.8 Å². The molecule has 0 N–H and O–H groups in total. The first-order chi connectivity index (χ1) is 13.2. The van der Waals surface area contributed by atoms with E-state index in [2.05, 4.69) is 27.8 Å². The van der Waals surface area contributed by atoms with E-state index < -0.39 is 10.1 Å². The van der Waals surface area contributed by atoms with Crippen molar-refractivity contribution >= 4 is 26.7 Å². The van der Waals surface area contributed by atoms with Crippen molar-refractivity contribution in [2.24, 2.45) is 0 Å². The Balaban J connectivity index is 1.64. The van der Waals surface area contributed by atoms with Gasteiger partial charge in [0.05, 0.1) is 24.8 Å². The van der Waals surface area contributed by atoms with Gasteiger partial charge in [0.15, 0.2) is 0 Å². The van der Waals surface area contributed by atoms with Gasteiger partial charge in [0.1, 0.15) is 6.07 Å². The highest BCUT2D eigenvalue weighted by molar-refractivity contribution is 7.86. The number of benzene rings is 1. The van der Waals surface area contributed by atoms with Crippen LogP contribution in [0.1, 0.15) is 20.3 Å². The molecule has 1 aromatic heterocycles. The lowest BCUT2D eigenvalue weighted by atomic mass is 10.0. The quantitative estimate of drug-likeness (QED) is 0.741. The fourth-order valence-corrected chi connectivity index (χ4v) is 4.99. The SMILES string of the molecule is [2H]c1ccc2c(N3C[C@@H]4CC(OS(C)(=O)=O)CN4[C@H](C)C3)ccc(C#N)c2n1. The van der Waals surface area contributed by atoms with E-state index in [-0.39, 0.29) is 24.4 Å². The van der Waals surface area contributed by atoms with Crippen molar-refractivity contribution in [3.8, 4) is 6.07 Å². The van der Waals surface area contributed by atoms with E-state index in [1.54, 1.807) is 12.1 Å². The van der Waals surface area contributed by atoms with Crippen LogP contribution in [0.3, 0.4) is 0 Å². The van der Waals surface area contributed by atoms with E-state index in [1.165, 1.54) is 0 Å². The second-order valence-electron chi connectivity index (χ2n) is 7.34. The topological polar surface area (TPSA) is 86.5 Å². The minimum Gasteiger partial charge on any atom is -0.368 e. The Bertz CT molecular complexity index is 1070. The molecule has 1 unspecified atom stereocenters. The Labute approximate surface area is 160 Å². The standard InChI is InChI=1S/C19H22N4O3S/c1-13-10-22(11-15-8-16(12-23(13)15)26-27(2,24)25)18-6-5-14(9-20)19-17(18)4-3-7-21-19/h3-7,13,15-16H,8,10-12H2,1-2H3/t13-,15+,16?/m1/s1/i7D. The number of nitrogens with zero attached hydrogens (tertiary/aromatic N) is 4. The molecular formula is C19H22N4O3S. The Kier molecular flexibility index (Phi) is 4.23. The van der Waals surface area contributed by atoms with Crippen LogP contribution in [-0.4, -0.2) is 62.4 Å². The van der Waals surface area contributed by atoms with Crippen LogP contribution in [0.2, 0.25) is 0 Å². The van der Waals surface area contributed by atoms with Gasteiger partial charge in [-0.3, -0.25) is 14.1 Å². The summed E-state index contributed by atoms with van der Waals surface area (Å²) in [6, 6.07) is 9.77. The fourth-order valence-electron chi connectivity index (χ4n) is 4.35. The number of hydrogen-bond acceptors (Lipinski definition) is 7. The lowest BCUT2D eigenvalue weighted by molar-refractivity contribution is 0.152. The predicted octanol–water partition coefficient (Wildman–Crippen LogP) is 1.73. The zero-order chi connectivity index (χ0) is 20.1. The lowest BCUT2D eigenvalue weighted by Crippen LogP contribution is -2.55. The van der Waals surface area contributed by atoms with Crippen LogP contribution in [0.4, 0.5) is 5.69 Å². The maximum Gasteiger partial charge on any atom is 0.264 e. The smallest absolute Gasteiger partial charge is 0.264 e. The molecule has 2 saturated heterocycles. The van der Waals surface area contributed by atoms with Crippen LogP contribution in [-0.2, 0) is 14.3 Å². The highest BCUT2D eigenvalue weighted by Gasteiger charge is 2.41. The predicted molar refractivity (Wildman–Crippen MR) is 103 cm³/mol. The zero-order valence-electron chi connectivity index (χ0n) is 16.3. The van der Waals surface area contributed by atoms with Gasteiger partial charge in [-0.15, -0.1) is 0 Å². The summed E-state index contributed by atoms with van der Waals surface area (Å²) in [6.07, 6.45) is 1.58. The molecule has 0 saturated carbocycles. The molecule has 4 rings (SSSR count). The fraction of sp³-hybridized carbons (Fsp3) is 0.474. The van der Waals surface area contributed by atoms with Gasteiger partial charge in [0, 0.05) is 49.0 Å². The summed E-state index contributed by atoms with van der Waals surface area (Å²) < 4.78 is 36.0. The third kappa shape index (κ3) is 3.50. The monoisotopic (exact) mass is 387 g/mol. The minimum absolute atomic E-state index is 0.135. The second-order valence-corrected chi connectivity index (χ2v) is 8.94. The first-order valence-electron chi connectivity index (χ1n) is 9.44. The number of hydrogen-bond donors (Lipinski definition) is 0. The van der Waals surface area contributed by atoms with Crippen molar-refractivity contribution in [3.63, 3.8) is 0 Å². The molecule has 1 aromatic carbocycles. The summed E-state index contributed by atoms with van der Waals surface area (Å²) in [5.74, 6) is 0. The number of aromatic nitrogens is 1. The molecule has 0 amide bonds. The lowest BCUT2D eigenvalue weighted by Gasteiger charge is -2.43. The Morgan fingerprint density at radius 3 is 2.89 bits per heavy atom. The first-order valence-corrected chi connectivity index (χ1v) is 10.8. The van der Waals surface area contributed by atoms with Crippen LogP contribution in [0.5, 0.6) is 0 Å². The largest absolute Gasteiger partial charge is 0.368 e. The van der Waals surface area contributed by atoms with Crippen molar-refractivity contribution in [2.45, 2.75) is 31.5 Å². The van der Waals surface area contributed by atoms with Gasteiger partial charge in [0.2, 0.25) is 0 Å². The van der Waals surface area contributed by atoms with Gasteiger partial charge in [-0.1, -0.05) is 0 Å². The molecular weight excluding hydrogens is 364 g/mol. The van der Waals surface area contributed by atoms with Crippen LogP contribution < -0.4 is 4.90 Å². The highest BCUT2D eigenvalue weighted by Crippen LogP contribution is 2.34. The van der Waals surface area contributed by atoms with E-state index in [9.17, 15) is 13.7 Å². The molecule has 142 valence electrons. The second kappa shape index (κ2) is 6.75. The Morgan fingerprint density at radius 1 is 1.33 bits per heavy atom. The molecule has 27 heavy (non-hydrogen) atoms. The maximum absolute atomic E-state index is 11.5. The molecule has 7 nitrogen and oxygen atoms in total. The van der Waals surface area contributed by atoms with Crippen LogP contribution in [0, 0.1) is 11.3 Å². The molecule has 2 aliphatic rings. The molecule has 2 aromatic rings. The summed E-state index contributed by atoms with van der Waals surface area (Å²) in [7, 11) is -3.47. The number of nitriles is 1. The van der Waals surface area contributed by atoms with Crippen LogP contribution >= 0.6 is 0 Å². The van der Waals surface area contributed by atoms with Crippen LogP contribution in [0.25, 0.3) is 10.9 Å². The van der Waals surface area contributed by atoms with Gasteiger partial charge in [-0.25, -0.2) is 0 Å². The molecule has 0 spiro atoms. The number of pyridine rings is 1. The number of anilines is 1. The normalized spacial score (nSPS) is 26.6. The molecule has 2 fully saturated rings. The van der Waals surface area contributed by atoms with Crippen molar-refractivity contribution in [1.82, 2.24) is 9.88 Å². The number of rotatable bonds is 3. The molecule has 3 atom stereocenters. The zero-order valence-corrected chi connectivity index (χ0v) is 16.1. The molecule has 8 heteroatoms. The summed E-state index contributed by atoms with van der Waals surface area (Å²) >= 11 is 0. The average molecular weight is 387 g/mol. The van der Waals surface area contributed by atoms with E-state index in [1.807, 2.05) is 12.1 Å². The van der Waals surface area contributed by atoms with Gasteiger partial charge >= 0.3 is 0 Å². The summed E-state index contributed by atoms with van der Waals surface area (Å²) in [5.41, 5.74) is 2.00. The number of piperazine rings is 1. The summed E-state index contributed by atoms with van der Waals surface area (Å²) in [4.78, 5) is 8.85. The van der Waals surface area contributed by atoms with Gasteiger partial charge in [-0.05, 0) is 37.6 Å². The Morgan fingerprint density at radius 2 is 2.15 bits per heavy atom. The van der Waals surface area contributed by atoms with Crippen LogP contribution in [0.15, 0.2) is 30.4 Å². The van der Waals surface area contributed by atoms with Gasteiger partial charge < -0.3 is 4.90 Å². The van der Waals surface area contributed by atoms with Gasteiger partial charge in [0.25, 0.3) is 10.1 Å². The van der Waals surface area contributed by atoms with Crippen molar-refractivity contribution in [3.05, 3.63) is 36.0 Å². The van der Waals surface area contributed by atoms with E-state index in [0.29, 0.717) is 24.0 Å². The molecule has 0 radical (unpaired) electrons. The molecule has 2 aliphatic heterocycles. The number of fused-ring (bicyclic) bond motifs is 2. The highest BCUT2D eigenvalue weighted by atomic mass is 32.2. The maximum atomic E-state index is 11.5. The average Bonchev–Trinajstić information content (AvgIpc) is 3.01. The van der Waals surface area contributed by atoms with E-state index in [0.717, 1.165) is 30.4 Å². The molecule has 0 bridgehead atoms. The summed E-state index contributed by atoms with van der Waals surface area (Å²) in [5, 5.41) is 10.2. The molecule has 3 heterocycles. The minimum atomic E-state index is -3.47. The van der Waals surface area contributed by atoms with Crippen molar-refractivity contribution < 1.29 is 14.0 Å². The van der Waals surface area contributed by atoms with E-state index in [4.69, 9.17) is 5.55 Å². The third-order valence-electron chi connectivity index (χ3n) is 5.37. The van der Waals surface area contributed by atoms with Gasteiger partial charge in [-0.2, -0.15) is 13.7 Å². The first kappa shape index (κ1) is 16.9. The summed E-state index contributed by atoms with van der Waals surface area (Å²) in [6.45, 7) is 4.28. The Hall–Kier alpha value is -2.21. The molecule has 0 aliphatic carbocycles.